The molecule has 0 radical (unpaired) electrons. The molecule has 9 nitrogen and oxygen atoms in total. The molecule has 516 valence electrons. The van der Waals surface area contributed by atoms with Crippen LogP contribution in [-0.2, 0) is 27.9 Å². The van der Waals surface area contributed by atoms with Gasteiger partial charge in [0.25, 0.3) is 7.82 Å². The molecule has 87 heavy (non-hydrogen) atoms. The van der Waals surface area contributed by atoms with Gasteiger partial charge in [0.1, 0.15) is 19.3 Å². The number of quaternary nitrogens is 1. The van der Waals surface area contributed by atoms with E-state index in [1.165, 1.54) is 315 Å². The summed E-state index contributed by atoms with van der Waals surface area (Å²) >= 11 is 0. The lowest BCUT2D eigenvalue weighted by Gasteiger charge is -2.30. The largest absolute Gasteiger partial charge is 0.756 e. The molecule has 0 bridgehead atoms. The smallest absolute Gasteiger partial charge is 0.306 e. The molecule has 0 saturated carbocycles. The molecule has 0 aliphatic heterocycles. The number of nitrogens with one attached hydrogen (secondary N) is 1. The lowest BCUT2D eigenvalue weighted by Crippen LogP contribution is -2.47. The summed E-state index contributed by atoms with van der Waals surface area (Å²) in [5.41, 5.74) is 0. The lowest BCUT2D eigenvalue weighted by atomic mass is 10.0. The molecule has 10 heteroatoms. The van der Waals surface area contributed by atoms with E-state index in [0.717, 1.165) is 57.8 Å². The number of ether oxygens (including phenoxy) is 1. The first-order valence-electron chi connectivity index (χ1n) is 38.6. The fraction of sp³-hybridized carbons (Fsp3) is 0.922. The molecule has 0 aliphatic carbocycles. The number of phosphoric acid groups is 1. The van der Waals surface area contributed by atoms with Crippen molar-refractivity contribution in [3.63, 3.8) is 0 Å². The number of amides is 1. The summed E-state index contributed by atoms with van der Waals surface area (Å²) in [7, 11) is 1.21. The van der Waals surface area contributed by atoms with Crippen molar-refractivity contribution in [3.8, 4) is 0 Å². The summed E-state index contributed by atoms with van der Waals surface area (Å²) in [5.74, 6) is -0.513. The molecule has 1 N–H and O–H groups in total. The van der Waals surface area contributed by atoms with Gasteiger partial charge in [-0.25, -0.2) is 0 Å². The number of rotatable bonds is 72. The van der Waals surface area contributed by atoms with Crippen LogP contribution in [0.5, 0.6) is 0 Å². The third-order valence-electron chi connectivity index (χ3n) is 17.9. The molecule has 0 aromatic carbocycles. The molecular weight excluding hydrogens is 1100 g/mol. The highest BCUT2D eigenvalue weighted by atomic mass is 31.2. The fourth-order valence-electron chi connectivity index (χ4n) is 11.9. The number of phosphoric ester groups is 1. The third kappa shape index (κ3) is 68.7. The molecule has 0 fully saturated rings. The van der Waals surface area contributed by atoms with E-state index in [0.29, 0.717) is 17.4 Å². The van der Waals surface area contributed by atoms with Crippen LogP contribution in [0.15, 0.2) is 24.3 Å². The zero-order valence-electron chi connectivity index (χ0n) is 59.3. The van der Waals surface area contributed by atoms with Gasteiger partial charge in [-0.2, -0.15) is 0 Å². The van der Waals surface area contributed by atoms with Crippen molar-refractivity contribution in [2.24, 2.45) is 0 Å². The van der Waals surface area contributed by atoms with Gasteiger partial charge >= 0.3 is 5.97 Å². The van der Waals surface area contributed by atoms with E-state index in [9.17, 15) is 19.0 Å². The Morgan fingerprint density at radius 2 is 0.667 bits per heavy atom. The predicted octanol–water partition coefficient (Wildman–Crippen LogP) is 24.2. The zero-order valence-corrected chi connectivity index (χ0v) is 60.2. The van der Waals surface area contributed by atoms with Crippen LogP contribution in [0.25, 0.3) is 0 Å². The van der Waals surface area contributed by atoms with Gasteiger partial charge in [0.2, 0.25) is 5.91 Å². The minimum absolute atomic E-state index is 0.0175. The Morgan fingerprint density at radius 3 is 0.977 bits per heavy atom. The molecule has 0 aromatic rings. The Balaban J connectivity index is 4.97. The number of allylic oxidation sites excluding steroid dienone is 3. The van der Waals surface area contributed by atoms with Gasteiger partial charge in [0.05, 0.1) is 33.8 Å². The van der Waals surface area contributed by atoms with Crippen molar-refractivity contribution in [2.75, 3.05) is 40.9 Å². The summed E-state index contributed by atoms with van der Waals surface area (Å²) < 4.78 is 30.5. The van der Waals surface area contributed by atoms with Crippen LogP contribution in [-0.4, -0.2) is 69.4 Å². The molecule has 1 amide bonds. The molecule has 0 aliphatic rings. The molecule has 0 saturated heterocycles. The summed E-state index contributed by atoms with van der Waals surface area (Å²) in [6, 6.07) is -0.884. The second-order valence-corrected chi connectivity index (χ2v) is 29.3. The minimum atomic E-state index is -4.70. The van der Waals surface area contributed by atoms with Gasteiger partial charge in [-0.3, -0.25) is 14.2 Å². The van der Waals surface area contributed by atoms with Crippen molar-refractivity contribution in [3.05, 3.63) is 24.3 Å². The average molecular weight is 1250 g/mol. The Morgan fingerprint density at radius 1 is 0.391 bits per heavy atom. The number of carbonyl (C=O) groups is 2. The normalized spacial score (nSPS) is 13.5. The second kappa shape index (κ2) is 67.4. The highest BCUT2D eigenvalue weighted by molar-refractivity contribution is 7.45. The van der Waals surface area contributed by atoms with Crippen molar-refractivity contribution >= 4 is 19.7 Å². The van der Waals surface area contributed by atoms with Crippen LogP contribution < -0.4 is 10.2 Å². The number of likely N-dealkylation sites (N-methyl/N-ethyl adjacent to an activating group) is 1. The summed E-state index contributed by atoms with van der Waals surface area (Å²) in [6.07, 6.45) is 83.2. The van der Waals surface area contributed by atoms with Crippen LogP contribution in [0.2, 0.25) is 0 Å². The highest BCUT2D eigenvalue weighted by Crippen LogP contribution is 2.38. The summed E-state index contributed by atoms with van der Waals surface area (Å²) in [4.78, 5) is 40.3. The van der Waals surface area contributed by atoms with Gasteiger partial charge in [-0.1, -0.05) is 360 Å². The quantitative estimate of drug-likeness (QED) is 0.0212. The van der Waals surface area contributed by atoms with Crippen LogP contribution in [0.1, 0.15) is 406 Å². The Bertz CT molecular complexity index is 1530. The fourth-order valence-corrected chi connectivity index (χ4v) is 12.7. The van der Waals surface area contributed by atoms with Crippen molar-refractivity contribution < 1.29 is 37.3 Å². The maximum atomic E-state index is 13.6. The van der Waals surface area contributed by atoms with Crippen LogP contribution in [0.4, 0.5) is 0 Å². The first-order valence-corrected chi connectivity index (χ1v) is 40.1. The molecule has 3 unspecified atom stereocenters. The monoisotopic (exact) mass is 1250 g/mol. The van der Waals surface area contributed by atoms with Crippen LogP contribution in [0.3, 0.4) is 0 Å². The van der Waals surface area contributed by atoms with Crippen molar-refractivity contribution in [1.82, 2.24) is 5.32 Å². The van der Waals surface area contributed by atoms with Crippen molar-refractivity contribution in [2.45, 2.75) is 418 Å². The topological polar surface area (TPSA) is 114 Å². The van der Waals surface area contributed by atoms with Crippen molar-refractivity contribution in [1.29, 1.82) is 0 Å². The molecule has 0 aromatic heterocycles. The second-order valence-electron chi connectivity index (χ2n) is 27.9. The van der Waals surface area contributed by atoms with E-state index in [1.807, 2.05) is 33.3 Å². The van der Waals surface area contributed by atoms with E-state index >= 15 is 0 Å². The van der Waals surface area contributed by atoms with E-state index in [2.05, 4.69) is 38.2 Å². The van der Waals surface area contributed by atoms with E-state index in [-0.39, 0.29) is 31.5 Å². The summed E-state index contributed by atoms with van der Waals surface area (Å²) in [6.45, 7) is 6.93. The zero-order chi connectivity index (χ0) is 63.5. The summed E-state index contributed by atoms with van der Waals surface area (Å²) in [5, 5.41) is 3.06. The van der Waals surface area contributed by atoms with E-state index in [1.54, 1.807) is 0 Å². The number of carbonyl (C=O) groups excluding carboxylic acids is 2. The number of unbranched alkanes of at least 4 members (excludes halogenated alkanes) is 54. The molecular formula is C77H151N2O7P. The highest BCUT2D eigenvalue weighted by Gasteiger charge is 2.27. The van der Waals surface area contributed by atoms with Gasteiger partial charge in [0, 0.05) is 12.8 Å². The Labute approximate surface area is 543 Å². The van der Waals surface area contributed by atoms with E-state index in [4.69, 9.17) is 13.8 Å². The number of hydrogen-bond acceptors (Lipinski definition) is 7. The number of hydrogen-bond donors (Lipinski definition) is 1. The lowest BCUT2D eigenvalue weighted by molar-refractivity contribution is -0.870. The van der Waals surface area contributed by atoms with Gasteiger partial charge in [0.15, 0.2) is 0 Å². The SMILES string of the molecule is CCCCCCCC/C=C/CCCCCCCCCCCCCCCCCC(=O)OC(/C=C/CCCCCCCCCCCCC)C(COP(=O)([O-])OCC[N+](C)(C)C)NC(=O)CCCCCCCCCCCCCCCCCCCCCCCCC. The first-order chi connectivity index (χ1) is 42.4. The van der Waals surface area contributed by atoms with Gasteiger partial charge in [-0.15, -0.1) is 0 Å². The van der Waals surface area contributed by atoms with Gasteiger partial charge < -0.3 is 28.5 Å². The predicted molar refractivity (Wildman–Crippen MR) is 377 cm³/mol. The van der Waals surface area contributed by atoms with Crippen LogP contribution in [0, 0.1) is 0 Å². The minimum Gasteiger partial charge on any atom is -0.756 e. The Kier molecular flexibility index (Phi) is 66.2. The maximum Gasteiger partial charge on any atom is 0.306 e. The average Bonchev–Trinajstić information content (AvgIpc) is 3.70. The molecule has 0 spiro atoms. The van der Waals surface area contributed by atoms with E-state index < -0.39 is 20.0 Å². The Hall–Kier alpha value is -1.51. The molecule has 3 atom stereocenters. The standard InChI is InChI=1S/C77H151N2O7P/c1-7-10-13-16-19-22-25-28-30-32-34-36-38-39-41-43-45-47-49-52-55-58-61-64-67-70-77(81)86-75(68-65-62-59-56-53-50-27-24-21-18-15-12-9-3)74(73-85-87(82,83)84-72-71-79(4,5)6)78-76(80)69-66-63-60-57-54-51-48-46-44-42-40-37-35-33-31-29-26-23-20-17-14-11-8-2/h28,30,65,68,74-75H,7-27,29,31-64,66-67,69-73H2,1-6H3,(H-,78,80,82,83)/b30-28+,68-65+. The maximum absolute atomic E-state index is 13.6. The van der Waals surface area contributed by atoms with Crippen LogP contribution >= 0.6 is 7.82 Å². The molecule has 0 rings (SSSR count). The number of nitrogens with zero attached hydrogens (tertiary/aromatic N) is 1. The van der Waals surface area contributed by atoms with Gasteiger partial charge in [-0.05, 0) is 57.4 Å². The molecule has 0 heterocycles. The first kappa shape index (κ1) is 85.5. The number of esters is 1. The third-order valence-corrected chi connectivity index (χ3v) is 18.8.